The van der Waals surface area contributed by atoms with Crippen LogP contribution in [0.1, 0.15) is 73.6 Å². The number of esters is 1. The standard InChI is InChI=1S/C28H46O5/c1-7-25(30)20(3)12-8-10-19(2)11-9-13-22(5)28-23(6)15-17-26(31)21(4)14-16-24(29)18-27(32)33-28/h8-9,11-13,15,17,19-21,23-26,28-31H,7,10,14,16,18H2,1-6H3. The highest BCUT2D eigenvalue weighted by molar-refractivity contribution is 5.70. The molecule has 1 aliphatic rings. The quantitative estimate of drug-likeness (QED) is 0.265. The van der Waals surface area contributed by atoms with Gasteiger partial charge in [-0.2, -0.15) is 0 Å². The summed E-state index contributed by atoms with van der Waals surface area (Å²) in [5.74, 6) is -0.0118. The lowest BCUT2D eigenvalue weighted by Crippen LogP contribution is -2.29. The van der Waals surface area contributed by atoms with Crippen LogP contribution >= 0.6 is 0 Å². The highest BCUT2D eigenvalue weighted by atomic mass is 16.5. The maximum Gasteiger partial charge on any atom is 0.309 e. The number of aliphatic hydroxyl groups is 3. The number of carbonyl (C=O) groups is 1. The van der Waals surface area contributed by atoms with Crippen LogP contribution in [0.5, 0.6) is 0 Å². The SMILES string of the molecule is CCC(O)C(C)C=CCC(C)C=CC=C(C)C1OC(=O)CC(O)CCC(C)C(O)C=CC1C. The Labute approximate surface area is 200 Å². The van der Waals surface area contributed by atoms with Gasteiger partial charge in [-0.15, -0.1) is 0 Å². The van der Waals surface area contributed by atoms with Crippen molar-refractivity contribution in [2.75, 3.05) is 0 Å². The molecule has 0 aromatic carbocycles. The number of hydrogen-bond acceptors (Lipinski definition) is 5. The number of aliphatic hydroxyl groups excluding tert-OH is 3. The van der Waals surface area contributed by atoms with Crippen LogP contribution in [-0.2, 0) is 9.53 Å². The molecular formula is C28H46O5. The first-order chi connectivity index (χ1) is 15.5. The Morgan fingerprint density at radius 2 is 1.88 bits per heavy atom. The van der Waals surface area contributed by atoms with Gasteiger partial charge in [0.05, 0.1) is 24.7 Å². The molecule has 188 valence electrons. The molecule has 5 nitrogen and oxygen atoms in total. The highest BCUT2D eigenvalue weighted by Gasteiger charge is 2.25. The maximum absolute atomic E-state index is 12.4. The van der Waals surface area contributed by atoms with Gasteiger partial charge in [-0.05, 0) is 55.9 Å². The van der Waals surface area contributed by atoms with Gasteiger partial charge >= 0.3 is 5.97 Å². The molecule has 0 bridgehead atoms. The second kappa shape index (κ2) is 15.3. The first-order valence-electron chi connectivity index (χ1n) is 12.5. The molecule has 0 saturated carbocycles. The minimum atomic E-state index is -0.759. The van der Waals surface area contributed by atoms with Gasteiger partial charge in [0.2, 0.25) is 0 Å². The van der Waals surface area contributed by atoms with E-state index >= 15 is 0 Å². The smallest absolute Gasteiger partial charge is 0.309 e. The number of allylic oxidation sites excluding steroid dienone is 4. The number of hydrogen-bond donors (Lipinski definition) is 3. The van der Waals surface area contributed by atoms with Crippen LogP contribution in [0.4, 0.5) is 0 Å². The molecule has 0 fully saturated rings. The third kappa shape index (κ3) is 11.3. The number of cyclic esters (lactones) is 1. The molecule has 0 radical (unpaired) electrons. The van der Waals surface area contributed by atoms with E-state index in [2.05, 4.69) is 25.2 Å². The van der Waals surface area contributed by atoms with E-state index < -0.39 is 24.3 Å². The lowest BCUT2D eigenvalue weighted by atomic mass is 9.92. The van der Waals surface area contributed by atoms with Crippen molar-refractivity contribution in [2.45, 2.75) is 98.1 Å². The molecule has 1 aliphatic heterocycles. The molecule has 0 aromatic heterocycles. The summed E-state index contributed by atoms with van der Waals surface area (Å²) in [5.41, 5.74) is 0.910. The molecule has 8 atom stereocenters. The predicted octanol–water partition coefficient (Wildman–Crippen LogP) is 5.12. The first-order valence-corrected chi connectivity index (χ1v) is 12.5. The Bertz CT molecular complexity index is 692. The second-order valence-corrected chi connectivity index (χ2v) is 9.83. The number of carbonyl (C=O) groups excluding carboxylic acids is 1. The van der Waals surface area contributed by atoms with Crippen LogP contribution in [0.15, 0.2) is 48.1 Å². The third-order valence-corrected chi connectivity index (χ3v) is 6.51. The van der Waals surface area contributed by atoms with E-state index in [0.717, 1.165) is 18.4 Å². The Kier molecular flexibility index (Phi) is 13.6. The summed E-state index contributed by atoms with van der Waals surface area (Å²) < 4.78 is 5.74. The van der Waals surface area contributed by atoms with Crippen molar-refractivity contribution in [3.05, 3.63) is 48.1 Å². The average Bonchev–Trinajstić information content (AvgIpc) is 2.77. The lowest BCUT2D eigenvalue weighted by Gasteiger charge is -2.25. The van der Waals surface area contributed by atoms with Gasteiger partial charge in [-0.25, -0.2) is 0 Å². The lowest BCUT2D eigenvalue weighted by molar-refractivity contribution is -0.151. The van der Waals surface area contributed by atoms with Gasteiger partial charge < -0.3 is 20.1 Å². The van der Waals surface area contributed by atoms with Crippen LogP contribution in [0.3, 0.4) is 0 Å². The molecule has 33 heavy (non-hydrogen) atoms. The topological polar surface area (TPSA) is 87.0 Å². The normalized spacial score (nSPS) is 31.1. The van der Waals surface area contributed by atoms with Crippen molar-refractivity contribution in [2.24, 2.45) is 23.7 Å². The van der Waals surface area contributed by atoms with Crippen LogP contribution in [0.25, 0.3) is 0 Å². The summed E-state index contributed by atoms with van der Waals surface area (Å²) in [4.78, 5) is 12.4. The fourth-order valence-electron chi connectivity index (χ4n) is 3.88. The minimum Gasteiger partial charge on any atom is -0.457 e. The van der Waals surface area contributed by atoms with E-state index in [1.54, 1.807) is 6.08 Å². The molecule has 1 rings (SSSR count). The average molecular weight is 463 g/mol. The van der Waals surface area contributed by atoms with Gasteiger partial charge in [0.25, 0.3) is 0 Å². The second-order valence-electron chi connectivity index (χ2n) is 9.83. The van der Waals surface area contributed by atoms with E-state index in [0.29, 0.717) is 18.8 Å². The summed E-state index contributed by atoms with van der Waals surface area (Å²) in [5, 5.41) is 30.4. The van der Waals surface area contributed by atoms with E-state index in [-0.39, 0.29) is 30.3 Å². The van der Waals surface area contributed by atoms with Crippen molar-refractivity contribution >= 4 is 5.97 Å². The largest absolute Gasteiger partial charge is 0.457 e. The molecule has 0 aliphatic carbocycles. The van der Waals surface area contributed by atoms with E-state index in [1.165, 1.54) is 0 Å². The van der Waals surface area contributed by atoms with Crippen molar-refractivity contribution in [3.63, 3.8) is 0 Å². The predicted molar refractivity (Wildman–Crippen MR) is 134 cm³/mol. The molecule has 0 aromatic rings. The van der Waals surface area contributed by atoms with Crippen molar-refractivity contribution in [3.8, 4) is 0 Å². The first kappa shape index (κ1) is 29.3. The number of ether oxygens (including phenoxy) is 1. The van der Waals surface area contributed by atoms with Crippen molar-refractivity contribution in [1.82, 2.24) is 0 Å². The molecule has 8 unspecified atom stereocenters. The zero-order valence-corrected chi connectivity index (χ0v) is 21.4. The number of rotatable bonds is 8. The molecule has 1 heterocycles. The highest BCUT2D eigenvalue weighted by Crippen LogP contribution is 2.23. The monoisotopic (exact) mass is 462 g/mol. The van der Waals surface area contributed by atoms with Gasteiger partial charge in [-0.1, -0.05) is 77.2 Å². The summed E-state index contributed by atoms with van der Waals surface area (Å²) in [6.07, 6.45) is 14.6. The Hall–Kier alpha value is -1.69. The van der Waals surface area contributed by atoms with Crippen LogP contribution in [-0.4, -0.2) is 45.7 Å². The van der Waals surface area contributed by atoms with Crippen molar-refractivity contribution in [1.29, 1.82) is 0 Å². The van der Waals surface area contributed by atoms with Crippen molar-refractivity contribution < 1.29 is 24.9 Å². The summed E-state index contributed by atoms with van der Waals surface area (Å²) in [6, 6.07) is 0. The van der Waals surface area contributed by atoms with E-state index in [4.69, 9.17) is 4.74 Å². The molecule has 0 saturated heterocycles. The maximum atomic E-state index is 12.4. The zero-order valence-electron chi connectivity index (χ0n) is 21.4. The summed E-state index contributed by atoms with van der Waals surface area (Å²) >= 11 is 0. The van der Waals surface area contributed by atoms with Gasteiger partial charge in [0, 0.05) is 5.92 Å². The Morgan fingerprint density at radius 1 is 1.18 bits per heavy atom. The summed E-state index contributed by atoms with van der Waals surface area (Å²) in [7, 11) is 0. The fourth-order valence-corrected chi connectivity index (χ4v) is 3.88. The molecular weight excluding hydrogens is 416 g/mol. The summed E-state index contributed by atoms with van der Waals surface area (Å²) in [6.45, 7) is 12.0. The van der Waals surface area contributed by atoms with E-state index in [1.807, 2.05) is 52.8 Å². The molecule has 3 N–H and O–H groups in total. The molecule has 5 heteroatoms. The van der Waals surface area contributed by atoms with Gasteiger partial charge in [-0.3, -0.25) is 4.79 Å². The van der Waals surface area contributed by atoms with Crippen LogP contribution < -0.4 is 0 Å². The third-order valence-electron chi connectivity index (χ3n) is 6.51. The van der Waals surface area contributed by atoms with Crippen LogP contribution in [0.2, 0.25) is 0 Å². The Morgan fingerprint density at radius 3 is 2.55 bits per heavy atom. The Balaban J connectivity index is 2.85. The molecule has 0 amide bonds. The fraction of sp³-hybridized carbons (Fsp3) is 0.679. The van der Waals surface area contributed by atoms with Gasteiger partial charge in [0.1, 0.15) is 6.10 Å². The van der Waals surface area contributed by atoms with Gasteiger partial charge in [0.15, 0.2) is 0 Å². The van der Waals surface area contributed by atoms with E-state index in [9.17, 15) is 20.1 Å². The molecule has 0 spiro atoms. The minimum absolute atomic E-state index is 0.0142. The van der Waals surface area contributed by atoms with Crippen LogP contribution in [0, 0.1) is 23.7 Å². The zero-order chi connectivity index (χ0) is 25.0.